The van der Waals surface area contributed by atoms with Gasteiger partial charge < -0.3 is 4.90 Å². The van der Waals surface area contributed by atoms with Gasteiger partial charge in [-0.1, -0.05) is 48.5 Å². The van der Waals surface area contributed by atoms with Gasteiger partial charge in [-0.2, -0.15) is 0 Å². The fraction of sp³-hybridized carbons (Fsp3) is 0. The molecule has 0 bridgehead atoms. The highest BCUT2D eigenvalue weighted by molar-refractivity contribution is 6.18. The van der Waals surface area contributed by atoms with Crippen molar-refractivity contribution in [2.75, 3.05) is 4.90 Å². The first kappa shape index (κ1) is 18.1. The minimum absolute atomic E-state index is 0.979. The molecule has 0 saturated carbocycles. The minimum Gasteiger partial charge on any atom is -0.308 e. The molecule has 6 aromatic rings. The molecule has 1 aliphatic heterocycles. The molecule has 0 fully saturated rings. The number of benzene rings is 4. The lowest BCUT2D eigenvalue weighted by molar-refractivity contribution is 1.26. The van der Waals surface area contributed by atoms with Crippen molar-refractivity contribution in [3.8, 4) is 22.4 Å². The standard InChI is InChI=1S/C30H19N3/c1-3-8-20(9-4-1)22-18-21-15-17-32-29-25-13-14-26-24(12-7-16-31-26)30(25)33(27(19-22)28(21)29)23-10-5-2-6-11-23/h1-19H. The first-order valence-electron chi connectivity index (χ1n) is 11.1. The maximum absolute atomic E-state index is 4.87. The second-order valence-electron chi connectivity index (χ2n) is 8.32. The van der Waals surface area contributed by atoms with Crippen molar-refractivity contribution >= 4 is 38.7 Å². The number of pyridine rings is 2. The zero-order valence-corrected chi connectivity index (χ0v) is 17.8. The van der Waals surface area contributed by atoms with E-state index in [9.17, 15) is 0 Å². The maximum atomic E-state index is 4.87. The van der Waals surface area contributed by atoms with Gasteiger partial charge in [0.05, 0.1) is 22.6 Å². The maximum Gasteiger partial charge on any atom is 0.0822 e. The third kappa shape index (κ3) is 2.69. The van der Waals surface area contributed by atoms with E-state index >= 15 is 0 Å². The molecule has 0 radical (unpaired) electrons. The number of hydrogen-bond acceptors (Lipinski definition) is 3. The smallest absolute Gasteiger partial charge is 0.0822 e. The molecule has 0 amide bonds. The third-order valence-corrected chi connectivity index (χ3v) is 6.44. The van der Waals surface area contributed by atoms with Crippen LogP contribution in [0.15, 0.2) is 116 Å². The molecule has 7 rings (SSSR count). The molecule has 4 aromatic carbocycles. The predicted molar refractivity (Wildman–Crippen MR) is 136 cm³/mol. The minimum atomic E-state index is 0.979. The normalized spacial score (nSPS) is 12.2. The molecule has 1 aliphatic rings. The third-order valence-electron chi connectivity index (χ3n) is 6.44. The first-order chi connectivity index (χ1) is 16.4. The van der Waals surface area contributed by atoms with Gasteiger partial charge in [0.2, 0.25) is 0 Å². The average Bonchev–Trinajstić information content (AvgIpc) is 2.89. The van der Waals surface area contributed by atoms with Gasteiger partial charge in [0, 0.05) is 34.4 Å². The van der Waals surface area contributed by atoms with Crippen LogP contribution in [0.3, 0.4) is 0 Å². The van der Waals surface area contributed by atoms with E-state index in [2.05, 4.69) is 107 Å². The molecule has 0 spiro atoms. The monoisotopic (exact) mass is 421 g/mol. The summed E-state index contributed by atoms with van der Waals surface area (Å²) in [4.78, 5) is 11.9. The molecule has 0 atom stereocenters. The summed E-state index contributed by atoms with van der Waals surface area (Å²) in [6.45, 7) is 0. The van der Waals surface area contributed by atoms with E-state index in [1.165, 1.54) is 21.9 Å². The van der Waals surface area contributed by atoms with Crippen LogP contribution in [0.2, 0.25) is 0 Å². The molecular weight excluding hydrogens is 402 g/mol. The van der Waals surface area contributed by atoms with Gasteiger partial charge >= 0.3 is 0 Å². The Labute approximate surface area is 191 Å². The van der Waals surface area contributed by atoms with Crippen LogP contribution < -0.4 is 4.90 Å². The number of nitrogens with zero attached hydrogens (tertiary/aromatic N) is 3. The van der Waals surface area contributed by atoms with Gasteiger partial charge in [0.25, 0.3) is 0 Å². The van der Waals surface area contributed by atoms with E-state index in [4.69, 9.17) is 4.98 Å². The van der Waals surface area contributed by atoms with Gasteiger partial charge in [-0.05, 0) is 71.1 Å². The van der Waals surface area contributed by atoms with E-state index in [1.54, 1.807) is 0 Å². The Hall–Kier alpha value is -4.50. The number of rotatable bonds is 2. The molecule has 2 aromatic heterocycles. The topological polar surface area (TPSA) is 29.0 Å². The van der Waals surface area contributed by atoms with Crippen LogP contribution in [0.1, 0.15) is 0 Å². The lowest BCUT2D eigenvalue weighted by atomic mass is 9.90. The molecule has 3 heterocycles. The average molecular weight is 422 g/mol. The van der Waals surface area contributed by atoms with Crippen molar-refractivity contribution < 1.29 is 0 Å². The molecule has 0 unspecified atom stereocenters. The van der Waals surface area contributed by atoms with E-state index in [0.29, 0.717) is 0 Å². The van der Waals surface area contributed by atoms with E-state index < -0.39 is 0 Å². The fourth-order valence-electron chi connectivity index (χ4n) is 5.01. The zero-order valence-electron chi connectivity index (χ0n) is 17.8. The molecule has 0 saturated heterocycles. The van der Waals surface area contributed by atoms with Crippen molar-refractivity contribution in [2.45, 2.75) is 0 Å². The SMILES string of the molecule is c1ccc(-c2cc3c4c(nccc4c2)-c2ccc4ncccc4c2N3c2ccccc2)cc1. The summed E-state index contributed by atoms with van der Waals surface area (Å²) in [7, 11) is 0. The largest absolute Gasteiger partial charge is 0.308 e. The number of aromatic nitrogens is 2. The second-order valence-corrected chi connectivity index (χ2v) is 8.32. The van der Waals surface area contributed by atoms with Crippen LogP contribution in [-0.2, 0) is 0 Å². The molecular formula is C30H19N3. The predicted octanol–water partition coefficient (Wildman–Crippen LogP) is 7.90. The Morgan fingerprint density at radius 1 is 0.606 bits per heavy atom. The summed E-state index contributed by atoms with van der Waals surface area (Å²) in [5.74, 6) is 0. The zero-order chi connectivity index (χ0) is 21.8. The second kappa shape index (κ2) is 7.01. The number of para-hydroxylation sites is 1. The summed E-state index contributed by atoms with van der Waals surface area (Å²) >= 11 is 0. The molecule has 154 valence electrons. The van der Waals surface area contributed by atoms with Crippen LogP contribution in [0.5, 0.6) is 0 Å². The summed E-state index contributed by atoms with van der Waals surface area (Å²) in [6.07, 6.45) is 3.77. The Balaban J connectivity index is 1.65. The van der Waals surface area contributed by atoms with Gasteiger partial charge in [0.1, 0.15) is 0 Å². The van der Waals surface area contributed by atoms with E-state index in [-0.39, 0.29) is 0 Å². The highest BCUT2D eigenvalue weighted by Crippen LogP contribution is 2.53. The van der Waals surface area contributed by atoms with Crippen molar-refractivity contribution in [1.82, 2.24) is 9.97 Å². The summed E-state index contributed by atoms with van der Waals surface area (Å²) in [5, 5.41) is 3.49. The van der Waals surface area contributed by atoms with Crippen molar-refractivity contribution in [2.24, 2.45) is 0 Å². The number of anilines is 3. The lowest BCUT2D eigenvalue weighted by Gasteiger charge is -2.34. The highest BCUT2D eigenvalue weighted by Gasteiger charge is 2.29. The molecule has 3 nitrogen and oxygen atoms in total. The summed E-state index contributed by atoms with van der Waals surface area (Å²) in [6, 6.07) is 36.3. The van der Waals surface area contributed by atoms with Gasteiger partial charge in [0.15, 0.2) is 0 Å². The Morgan fingerprint density at radius 2 is 1.42 bits per heavy atom. The highest BCUT2D eigenvalue weighted by atomic mass is 15.2. The quantitative estimate of drug-likeness (QED) is 0.284. The van der Waals surface area contributed by atoms with E-state index in [1.807, 2.05) is 18.5 Å². The molecule has 0 N–H and O–H groups in total. The number of hydrogen-bond donors (Lipinski definition) is 0. The van der Waals surface area contributed by atoms with Crippen LogP contribution in [0.25, 0.3) is 44.1 Å². The van der Waals surface area contributed by atoms with Crippen molar-refractivity contribution in [3.63, 3.8) is 0 Å². The van der Waals surface area contributed by atoms with Gasteiger partial charge in [-0.25, -0.2) is 0 Å². The number of fused-ring (bicyclic) bond motifs is 4. The summed E-state index contributed by atoms with van der Waals surface area (Å²) < 4.78 is 0. The lowest BCUT2D eigenvalue weighted by Crippen LogP contribution is -2.16. The Bertz CT molecular complexity index is 1660. The van der Waals surface area contributed by atoms with Crippen molar-refractivity contribution in [1.29, 1.82) is 0 Å². The molecule has 33 heavy (non-hydrogen) atoms. The van der Waals surface area contributed by atoms with Crippen molar-refractivity contribution in [3.05, 3.63) is 116 Å². The van der Waals surface area contributed by atoms with Gasteiger partial charge in [-0.3, -0.25) is 9.97 Å². The first-order valence-corrected chi connectivity index (χ1v) is 11.1. The van der Waals surface area contributed by atoms with Crippen LogP contribution in [-0.4, -0.2) is 9.97 Å². The van der Waals surface area contributed by atoms with Gasteiger partial charge in [-0.15, -0.1) is 0 Å². The Morgan fingerprint density at radius 3 is 2.27 bits per heavy atom. The fourth-order valence-corrected chi connectivity index (χ4v) is 5.01. The molecule has 3 heteroatoms. The Kier molecular flexibility index (Phi) is 3.84. The van der Waals surface area contributed by atoms with Crippen LogP contribution in [0.4, 0.5) is 17.1 Å². The van der Waals surface area contributed by atoms with Crippen LogP contribution in [0, 0.1) is 0 Å². The summed E-state index contributed by atoms with van der Waals surface area (Å²) in [5.41, 5.74) is 8.92. The van der Waals surface area contributed by atoms with E-state index in [0.717, 1.165) is 39.2 Å². The molecule has 0 aliphatic carbocycles. The van der Waals surface area contributed by atoms with Crippen LogP contribution >= 0.6 is 0 Å².